The third-order valence-electron chi connectivity index (χ3n) is 3.99. The summed E-state index contributed by atoms with van der Waals surface area (Å²) >= 11 is 12.0. The number of fused-ring (bicyclic) bond motifs is 1. The maximum atomic E-state index is 6.01. The highest BCUT2D eigenvalue weighted by Gasteiger charge is 2.23. The number of pyridine rings is 1. The highest BCUT2D eigenvalue weighted by Crippen LogP contribution is 2.32. The van der Waals surface area contributed by atoms with Gasteiger partial charge in [0.25, 0.3) is 0 Å². The fraction of sp³-hybridized carbons (Fsp3) is 0.571. The van der Waals surface area contributed by atoms with Gasteiger partial charge in [-0.1, -0.05) is 24.9 Å². The number of nitrogens with zero attached hydrogens (tertiary/aromatic N) is 3. The molecule has 0 N–H and O–H groups in total. The molecule has 1 aliphatic carbocycles. The highest BCUT2D eigenvalue weighted by molar-refractivity contribution is 6.31. The molecule has 0 spiro atoms. The molecule has 1 fully saturated rings. The van der Waals surface area contributed by atoms with Gasteiger partial charge in [0.1, 0.15) is 11.3 Å². The Kier molecular flexibility index (Phi) is 3.68. The fourth-order valence-electron chi connectivity index (χ4n) is 3.08. The molecule has 1 aliphatic rings. The van der Waals surface area contributed by atoms with Crippen LogP contribution in [0.15, 0.2) is 12.3 Å². The lowest BCUT2D eigenvalue weighted by Gasteiger charge is -2.13. The molecule has 0 aromatic carbocycles. The molecule has 0 aliphatic heterocycles. The average Bonchev–Trinajstić information content (AvgIpc) is 2.94. The second-order valence-electron chi connectivity index (χ2n) is 5.55. The predicted octanol–water partition coefficient (Wildman–Crippen LogP) is 4.26. The third-order valence-corrected chi connectivity index (χ3v) is 4.44. The molecule has 19 heavy (non-hydrogen) atoms. The molecule has 0 saturated heterocycles. The van der Waals surface area contributed by atoms with Gasteiger partial charge in [0.05, 0.1) is 10.9 Å². The van der Waals surface area contributed by atoms with Crippen LogP contribution in [-0.4, -0.2) is 14.5 Å². The SMILES string of the molecule is CC1CCC(Cn2c(CCl)nc3cc(Cl)cnc32)C1. The molecule has 5 heteroatoms. The molecule has 0 radical (unpaired) electrons. The van der Waals surface area contributed by atoms with Crippen LogP contribution in [0.5, 0.6) is 0 Å². The van der Waals surface area contributed by atoms with Crippen molar-refractivity contribution >= 4 is 34.4 Å². The number of hydrogen-bond donors (Lipinski definition) is 0. The number of alkyl halides is 1. The van der Waals surface area contributed by atoms with E-state index in [1.807, 2.05) is 6.07 Å². The average molecular weight is 298 g/mol. The molecule has 2 heterocycles. The summed E-state index contributed by atoms with van der Waals surface area (Å²) in [7, 11) is 0. The lowest BCUT2D eigenvalue weighted by atomic mass is 10.1. The minimum atomic E-state index is 0.413. The zero-order valence-corrected chi connectivity index (χ0v) is 12.5. The Hall–Kier alpha value is -0.800. The van der Waals surface area contributed by atoms with Crippen LogP contribution in [0.1, 0.15) is 32.0 Å². The second kappa shape index (κ2) is 5.29. The van der Waals surface area contributed by atoms with Gasteiger partial charge in [-0.25, -0.2) is 9.97 Å². The van der Waals surface area contributed by atoms with E-state index >= 15 is 0 Å². The Morgan fingerprint density at radius 1 is 1.42 bits per heavy atom. The molecule has 1 saturated carbocycles. The van der Waals surface area contributed by atoms with Crippen molar-refractivity contribution in [3.8, 4) is 0 Å². The first-order valence-electron chi connectivity index (χ1n) is 6.74. The topological polar surface area (TPSA) is 30.7 Å². The van der Waals surface area contributed by atoms with E-state index in [1.165, 1.54) is 19.3 Å². The molecule has 0 amide bonds. The van der Waals surface area contributed by atoms with E-state index in [2.05, 4.69) is 21.5 Å². The molecule has 2 aromatic rings. The second-order valence-corrected chi connectivity index (χ2v) is 6.26. The van der Waals surface area contributed by atoms with Crippen molar-refractivity contribution in [1.82, 2.24) is 14.5 Å². The summed E-state index contributed by atoms with van der Waals surface area (Å²) in [6.07, 6.45) is 5.58. The van der Waals surface area contributed by atoms with Crippen LogP contribution in [-0.2, 0) is 12.4 Å². The molecular weight excluding hydrogens is 281 g/mol. The maximum Gasteiger partial charge on any atom is 0.160 e. The van der Waals surface area contributed by atoms with Crippen molar-refractivity contribution in [3.05, 3.63) is 23.1 Å². The summed E-state index contributed by atoms with van der Waals surface area (Å²) in [5.41, 5.74) is 1.74. The van der Waals surface area contributed by atoms with Crippen molar-refractivity contribution in [2.45, 2.75) is 38.6 Å². The third kappa shape index (κ3) is 2.59. The fourth-order valence-corrected chi connectivity index (χ4v) is 3.43. The Morgan fingerprint density at radius 2 is 2.26 bits per heavy atom. The summed E-state index contributed by atoms with van der Waals surface area (Å²) < 4.78 is 2.17. The van der Waals surface area contributed by atoms with E-state index < -0.39 is 0 Å². The van der Waals surface area contributed by atoms with Gasteiger partial charge >= 0.3 is 0 Å². The molecule has 102 valence electrons. The largest absolute Gasteiger partial charge is 0.311 e. The number of imidazole rings is 1. The van der Waals surface area contributed by atoms with Crippen LogP contribution in [0.3, 0.4) is 0 Å². The van der Waals surface area contributed by atoms with E-state index in [9.17, 15) is 0 Å². The summed E-state index contributed by atoms with van der Waals surface area (Å²) in [5, 5.41) is 0.618. The van der Waals surface area contributed by atoms with Crippen LogP contribution in [0.4, 0.5) is 0 Å². The minimum Gasteiger partial charge on any atom is -0.311 e. The van der Waals surface area contributed by atoms with Gasteiger partial charge in [-0.3, -0.25) is 0 Å². The smallest absolute Gasteiger partial charge is 0.160 e. The monoisotopic (exact) mass is 297 g/mol. The van der Waals surface area contributed by atoms with Gasteiger partial charge in [-0.05, 0) is 30.7 Å². The standard InChI is InChI=1S/C14H17Cl2N3/c1-9-2-3-10(4-9)8-19-13(6-15)18-12-5-11(16)7-17-14(12)19/h5,7,9-10H,2-4,6,8H2,1H3. The molecular formula is C14H17Cl2N3. The summed E-state index contributed by atoms with van der Waals surface area (Å²) in [6, 6.07) is 1.85. The Morgan fingerprint density at radius 3 is 2.95 bits per heavy atom. The van der Waals surface area contributed by atoms with Crippen LogP contribution in [0.25, 0.3) is 11.2 Å². The lowest BCUT2D eigenvalue weighted by Crippen LogP contribution is -2.11. The van der Waals surface area contributed by atoms with Crippen LogP contribution in [0, 0.1) is 11.8 Å². The lowest BCUT2D eigenvalue weighted by molar-refractivity contribution is 0.440. The summed E-state index contributed by atoms with van der Waals surface area (Å²) in [5.74, 6) is 2.86. The zero-order valence-electron chi connectivity index (χ0n) is 10.9. The van der Waals surface area contributed by atoms with Crippen molar-refractivity contribution in [2.75, 3.05) is 0 Å². The normalized spacial score (nSPS) is 23.3. The number of hydrogen-bond acceptors (Lipinski definition) is 2. The minimum absolute atomic E-state index is 0.413. The van der Waals surface area contributed by atoms with E-state index in [0.717, 1.165) is 29.5 Å². The maximum absolute atomic E-state index is 6.01. The summed E-state index contributed by atoms with van der Waals surface area (Å²) in [4.78, 5) is 8.96. The predicted molar refractivity (Wildman–Crippen MR) is 78.6 cm³/mol. The zero-order chi connectivity index (χ0) is 13.4. The van der Waals surface area contributed by atoms with Crippen LogP contribution >= 0.6 is 23.2 Å². The number of rotatable bonds is 3. The van der Waals surface area contributed by atoms with E-state index in [1.54, 1.807) is 6.20 Å². The Balaban J connectivity index is 1.96. The Bertz CT molecular complexity index is 594. The van der Waals surface area contributed by atoms with Gasteiger partial charge in [0.15, 0.2) is 5.65 Å². The first-order chi connectivity index (χ1) is 9.17. The molecule has 2 atom stereocenters. The van der Waals surface area contributed by atoms with Crippen LogP contribution in [0.2, 0.25) is 5.02 Å². The molecule has 0 bridgehead atoms. The van der Waals surface area contributed by atoms with E-state index in [4.69, 9.17) is 23.2 Å². The first kappa shape index (κ1) is 13.2. The van der Waals surface area contributed by atoms with Gasteiger partial charge in [0.2, 0.25) is 0 Å². The van der Waals surface area contributed by atoms with Gasteiger partial charge < -0.3 is 4.57 Å². The van der Waals surface area contributed by atoms with Gasteiger partial charge in [-0.15, -0.1) is 11.6 Å². The molecule has 2 aromatic heterocycles. The first-order valence-corrected chi connectivity index (χ1v) is 7.65. The van der Waals surface area contributed by atoms with Crippen molar-refractivity contribution in [1.29, 1.82) is 0 Å². The van der Waals surface area contributed by atoms with Gasteiger partial charge in [-0.2, -0.15) is 0 Å². The van der Waals surface area contributed by atoms with E-state index in [-0.39, 0.29) is 0 Å². The summed E-state index contributed by atoms with van der Waals surface area (Å²) in [6.45, 7) is 3.30. The van der Waals surface area contributed by atoms with Crippen molar-refractivity contribution in [2.24, 2.45) is 11.8 Å². The number of aromatic nitrogens is 3. The molecule has 3 rings (SSSR count). The van der Waals surface area contributed by atoms with Gasteiger partial charge in [0, 0.05) is 12.7 Å². The Labute approximate surface area is 122 Å². The van der Waals surface area contributed by atoms with Crippen LogP contribution < -0.4 is 0 Å². The highest BCUT2D eigenvalue weighted by atomic mass is 35.5. The van der Waals surface area contributed by atoms with Crippen molar-refractivity contribution in [3.63, 3.8) is 0 Å². The van der Waals surface area contributed by atoms with Crippen molar-refractivity contribution < 1.29 is 0 Å². The van der Waals surface area contributed by atoms with E-state index in [0.29, 0.717) is 16.8 Å². The molecule has 3 nitrogen and oxygen atoms in total. The molecule has 2 unspecified atom stereocenters. The number of halogens is 2. The quantitative estimate of drug-likeness (QED) is 0.793.